The number of nitrogens with two attached hydrogens (primary N) is 1. The lowest BCUT2D eigenvalue weighted by molar-refractivity contribution is -0.146. The smallest absolute Gasteiger partial charge is 0.323 e. The van der Waals surface area contributed by atoms with Gasteiger partial charge in [0, 0.05) is 20.2 Å². The molecule has 6 nitrogen and oxygen atoms in total. The summed E-state index contributed by atoms with van der Waals surface area (Å²) in [6.45, 7) is 2.37. The molecule has 0 saturated carbocycles. The molecule has 0 fully saturated rings. The molecule has 0 aliphatic heterocycles. The van der Waals surface area contributed by atoms with Crippen molar-refractivity contribution < 1.29 is 19.4 Å². The van der Waals surface area contributed by atoms with Crippen molar-refractivity contribution >= 4 is 11.9 Å². The van der Waals surface area contributed by atoms with Crippen LogP contribution >= 0.6 is 0 Å². The fourth-order valence-electron chi connectivity index (χ4n) is 1.33. The Balaban J connectivity index is 4.46. The molecule has 0 aromatic rings. The van der Waals surface area contributed by atoms with Gasteiger partial charge >= 0.3 is 5.97 Å². The number of amides is 1. The van der Waals surface area contributed by atoms with E-state index in [9.17, 15) is 9.59 Å². The van der Waals surface area contributed by atoms with Crippen molar-refractivity contribution in [3.05, 3.63) is 0 Å². The largest absolute Gasteiger partial charge is 0.480 e. The molecule has 0 radical (unpaired) electrons. The van der Waals surface area contributed by atoms with Crippen molar-refractivity contribution in [3.63, 3.8) is 0 Å². The Kier molecular flexibility index (Phi) is 7.49. The van der Waals surface area contributed by atoms with Gasteiger partial charge in [-0.15, -0.1) is 0 Å². The Morgan fingerprint density at radius 1 is 1.50 bits per heavy atom. The van der Waals surface area contributed by atoms with Gasteiger partial charge in [0.25, 0.3) is 0 Å². The zero-order chi connectivity index (χ0) is 12.6. The highest BCUT2D eigenvalue weighted by Gasteiger charge is 2.23. The normalized spacial score (nSPS) is 12.2. The zero-order valence-corrected chi connectivity index (χ0v) is 9.81. The van der Waals surface area contributed by atoms with E-state index < -0.39 is 5.97 Å². The number of carboxylic acid groups (broad SMARTS) is 1. The second-order valence-electron chi connectivity index (χ2n) is 3.49. The van der Waals surface area contributed by atoms with E-state index in [1.165, 1.54) is 12.0 Å². The number of carbonyl (C=O) groups is 2. The molecular formula is C10H20N2O4. The van der Waals surface area contributed by atoms with Crippen molar-refractivity contribution in [2.45, 2.75) is 13.3 Å². The monoisotopic (exact) mass is 232 g/mol. The van der Waals surface area contributed by atoms with Crippen LogP contribution in [0.4, 0.5) is 0 Å². The van der Waals surface area contributed by atoms with Crippen LogP contribution in [0, 0.1) is 5.92 Å². The Morgan fingerprint density at radius 2 is 2.12 bits per heavy atom. The van der Waals surface area contributed by atoms with E-state index in [1.807, 2.05) is 6.92 Å². The van der Waals surface area contributed by atoms with Crippen molar-refractivity contribution in [1.82, 2.24) is 4.90 Å². The first-order valence-electron chi connectivity index (χ1n) is 5.26. The average molecular weight is 232 g/mol. The van der Waals surface area contributed by atoms with Gasteiger partial charge in [0.15, 0.2) is 0 Å². The number of carbonyl (C=O) groups excluding carboxylic acids is 1. The number of methoxy groups -OCH3 is 1. The molecule has 0 saturated heterocycles. The summed E-state index contributed by atoms with van der Waals surface area (Å²) in [4.78, 5) is 23.8. The van der Waals surface area contributed by atoms with Crippen LogP contribution in [0.5, 0.6) is 0 Å². The summed E-state index contributed by atoms with van der Waals surface area (Å²) in [7, 11) is 1.50. The van der Waals surface area contributed by atoms with Gasteiger partial charge in [0.05, 0.1) is 12.5 Å². The van der Waals surface area contributed by atoms with Crippen molar-refractivity contribution in [1.29, 1.82) is 0 Å². The van der Waals surface area contributed by atoms with E-state index in [0.717, 1.165) is 0 Å². The minimum atomic E-state index is -1.03. The van der Waals surface area contributed by atoms with E-state index in [1.54, 1.807) is 0 Å². The summed E-state index contributed by atoms with van der Waals surface area (Å²) in [5.41, 5.74) is 5.46. The van der Waals surface area contributed by atoms with E-state index in [4.69, 9.17) is 15.6 Å². The summed E-state index contributed by atoms with van der Waals surface area (Å²) < 4.78 is 4.83. The Hall–Kier alpha value is -1.14. The highest BCUT2D eigenvalue weighted by molar-refractivity contribution is 5.83. The molecule has 16 heavy (non-hydrogen) atoms. The minimum absolute atomic E-state index is 0.218. The predicted molar refractivity (Wildman–Crippen MR) is 58.9 cm³/mol. The highest BCUT2D eigenvalue weighted by Crippen LogP contribution is 2.06. The van der Waals surface area contributed by atoms with E-state index in [0.29, 0.717) is 13.0 Å². The lowest BCUT2D eigenvalue weighted by Gasteiger charge is -2.24. The van der Waals surface area contributed by atoms with Crippen LogP contribution in [0.15, 0.2) is 0 Å². The molecule has 0 aliphatic rings. The van der Waals surface area contributed by atoms with E-state index in [2.05, 4.69) is 0 Å². The van der Waals surface area contributed by atoms with Crippen LogP contribution in [0.25, 0.3) is 0 Å². The fraction of sp³-hybridized carbons (Fsp3) is 0.800. The fourth-order valence-corrected chi connectivity index (χ4v) is 1.33. The van der Waals surface area contributed by atoms with Crippen LogP contribution in [0.2, 0.25) is 0 Å². The van der Waals surface area contributed by atoms with Crippen LogP contribution in [-0.4, -0.2) is 55.2 Å². The van der Waals surface area contributed by atoms with Crippen LogP contribution < -0.4 is 5.73 Å². The molecule has 0 rings (SSSR count). The molecule has 0 aromatic carbocycles. The SMILES string of the molecule is CCC(CN)C(=O)N(CCOC)CC(=O)O. The first-order valence-corrected chi connectivity index (χ1v) is 5.26. The third kappa shape index (κ3) is 5.09. The third-order valence-corrected chi connectivity index (χ3v) is 2.33. The standard InChI is InChI=1S/C10H20N2O4/c1-3-8(6-11)10(15)12(4-5-16-2)7-9(13)14/h8H,3-7,11H2,1-2H3,(H,13,14). The van der Waals surface area contributed by atoms with Crippen LogP contribution in [0.1, 0.15) is 13.3 Å². The molecule has 0 bridgehead atoms. The number of aliphatic carboxylic acids is 1. The van der Waals surface area contributed by atoms with E-state index >= 15 is 0 Å². The quantitative estimate of drug-likeness (QED) is 0.590. The summed E-state index contributed by atoms with van der Waals surface area (Å²) >= 11 is 0. The number of hydrogen-bond acceptors (Lipinski definition) is 4. The van der Waals surface area contributed by atoms with Gasteiger partial charge in [-0.1, -0.05) is 6.92 Å². The van der Waals surface area contributed by atoms with Gasteiger partial charge in [-0.25, -0.2) is 0 Å². The van der Waals surface area contributed by atoms with Gasteiger partial charge in [0.1, 0.15) is 6.54 Å². The number of nitrogens with zero attached hydrogens (tertiary/aromatic N) is 1. The maximum Gasteiger partial charge on any atom is 0.323 e. The Morgan fingerprint density at radius 3 is 2.50 bits per heavy atom. The molecule has 0 spiro atoms. The second kappa shape index (κ2) is 8.06. The number of ether oxygens (including phenoxy) is 1. The molecule has 0 heterocycles. The predicted octanol–water partition coefficient (Wildman–Crippen LogP) is -0.469. The molecule has 1 unspecified atom stereocenters. The van der Waals surface area contributed by atoms with Gasteiger partial charge < -0.3 is 20.5 Å². The highest BCUT2D eigenvalue weighted by atomic mass is 16.5. The lowest BCUT2D eigenvalue weighted by atomic mass is 10.1. The van der Waals surface area contributed by atoms with Crippen molar-refractivity contribution in [2.75, 3.05) is 33.4 Å². The molecule has 1 atom stereocenters. The maximum atomic E-state index is 11.9. The molecular weight excluding hydrogens is 212 g/mol. The first kappa shape index (κ1) is 14.9. The zero-order valence-electron chi connectivity index (χ0n) is 9.81. The van der Waals surface area contributed by atoms with Gasteiger partial charge in [-0.05, 0) is 6.42 Å². The summed E-state index contributed by atoms with van der Waals surface area (Å²) in [6, 6.07) is 0. The molecule has 0 aromatic heterocycles. The lowest BCUT2D eigenvalue weighted by Crippen LogP contribution is -2.43. The number of carboxylic acids is 1. The number of hydrogen-bond donors (Lipinski definition) is 2. The molecule has 6 heteroatoms. The maximum absolute atomic E-state index is 11.9. The molecule has 0 aliphatic carbocycles. The van der Waals surface area contributed by atoms with E-state index in [-0.39, 0.29) is 31.5 Å². The summed E-state index contributed by atoms with van der Waals surface area (Å²) in [5.74, 6) is -1.56. The van der Waals surface area contributed by atoms with Crippen molar-refractivity contribution in [3.8, 4) is 0 Å². The summed E-state index contributed by atoms with van der Waals surface area (Å²) in [5, 5.41) is 8.69. The third-order valence-electron chi connectivity index (χ3n) is 2.33. The van der Waals surface area contributed by atoms with Gasteiger partial charge in [-0.2, -0.15) is 0 Å². The first-order chi connectivity index (χ1) is 7.56. The minimum Gasteiger partial charge on any atom is -0.480 e. The van der Waals surface area contributed by atoms with Crippen LogP contribution in [0.3, 0.4) is 0 Å². The van der Waals surface area contributed by atoms with Crippen molar-refractivity contribution in [2.24, 2.45) is 11.7 Å². The summed E-state index contributed by atoms with van der Waals surface area (Å²) in [6.07, 6.45) is 0.610. The Bertz CT molecular complexity index is 229. The average Bonchev–Trinajstić information content (AvgIpc) is 2.25. The number of rotatable bonds is 8. The van der Waals surface area contributed by atoms with Crippen LogP contribution in [-0.2, 0) is 14.3 Å². The Labute approximate surface area is 95.4 Å². The van der Waals surface area contributed by atoms with Gasteiger partial charge in [-0.3, -0.25) is 9.59 Å². The topological polar surface area (TPSA) is 92.9 Å². The molecule has 3 N–H and O–H groups in total. The molecule has 94 valence electrons. The van der Waals surface area contributed by atoms with Gasteiger partial charge in [0.2, 0.25) is 5.91 Å². The molecule has 1 amide bonds. The second-order valence-corrected chi connectivity index (χ2v) is 3.49.